The summed E-state index contributed by atoms with van der Waals surface area (Å²) < 4.78 is 25.2. The number of aliphatic hydroxyl groups excluding tert-OH is 1. The quantitative estimate of drug-likeness (QED) is 0.809. The second-order valence-electron chi connectivity index (χ2n) is 6.54. The van der Waals surface area contributed by atoms with Crippen molar-refractivity contribution in [2.45, 2.75) is 6.10 Å². The molecule has 0 aliphatic carbocycles. The van der Waals surface area contributed by atoms with Gasteiger partial charge in [0.2, 0.25) is 10.0 Å². The summed E-state index contributed by atoms with van der Waals surface area (Å²) in [6.45, 7) is 0.387. The van der Waals surface area contributed by atoms with Crippen molar-refractivity contribution >= 4 is 21.6 Å². The average Bonchev–Trinajstić information content (AvgIpc) is 2.86. The smallest absolute Gasteiger partial charge is 0.254 e. The van der Waals surface area contributed by atoms with Crippen molar-refractivity contribution < 1.29 is 18.3 Å². The number of benzene rings is 1. The molecule has 1 heterocycles. The molecule has 134 valence electrons. The molecule has 24 heavy (non-hydrogen) atoms. The van der Waals surface area contributed by atoms with Crippen molar-refractivity contribution in [1.82, 2.24) is 9.21 Å². The van der Waals surface area contributed by atoms with Gasteiger partial charge in [0.05, 0.1) is 11.9 Å². The molecule has 7 nitrogen and oxygen atoms in total. The second kappa shape index (κ2) is 7.08. The predicted octanol–water partition coefficient (Wildman–Crippen LogP) is 0.0769. The maximum absolute atomic E-state index is 12.6. The Bertz CT molecular complexity index is 703. The van der Waals surface area contributed by atoms with Crippen molar-refractivity contribution in [2.75, 3.05) is 51.9 Å². The van der Waals surface area contributed by atoms with Crippen LogP contribution in [0.1, 0.15) is 10.4 Å². The van der Waals surface area contributed by atoms with Crippen LogP contribution in [-0.2, 0) is 10.0 Å². The Labute approximate surface area is 143 Å². The number of sulfonamides is 1. The zero-order valence-electron chi connectivity index (χ0n) is 14.5. The minimum absolute atomic E-state index is 0.151. The van der Waals surface area contributed by atoms with Crippen LogP contribution in [0, 0.1) is 5.92 Å². The van der Waals surface area contributed by atoms with Gasteiger partial charge in [-0.25, -0.2) is 12.7 Å². The average molecular weight is 355 g/mol. The van der Waals surface area contributed by atoms with Crippen LogP contribution >= 0.6 is 0 Å². The lowest BCUT2D eigenvalue weighted by Gasteiger charge is -2.19. The van der Waals surface area contributed by atoms with Crippen LogP contribution in [0.2, 0.25) is 0 Å². The van der Waals surface area contributed by atoms with E-state index < -0.39 is 22.0 Å². The summed E-state index contributed by atoms with van der Waals surface area (Å²) >= 11 is 0. The normalized spacial score (nSPS) is 21.3. The molecule has 1 N–H and O–H groups in total. The van der Waals surface area contributed by atoms with E-state index in [1.807, 2.05) is 31.1 Å². The van der Waals surface area contributed by atoms with Crippen molar-refractivity contribution in [3.63, 3.8) is 0 Å². The minimum atomic E-state index is -3.42. The van der Waals surface area contributed by atoms with E-state index >= 15 is 0 Å². The highest BCUT2D eigenvalue weighted by molar-refractivity contribution is 7.89. The number of anilines is 1. The van der Waals surface area contributed by atoms with Crippen LogP contribution in [0.5, 0.6) is 0 Å². The Hall–Kier alpha value is -1.64. The van der Waals surface area contributed by atoms with E-state index in [0.717, 1.165) is 9.99 Å². The Morgan fingerprint density at radius 3 is 2.50 bits per heavy atom. The van der Waals surface area contributed by atoms with Crippen molar-refractivity contribution in [1.29, 1.82) is 0 Å². The molecule has 1 aromatic carbocycles. The molecule has 0 unspecified atom stereocenters. The summed E-state index contributed by atoms with van der Waals surface area (Å²) in [6.07, 6.45) is -0.833. The van der Waals surface area contributed by atoms with Crippen molar-refractivity contribution in [2.24, 2.45) is 5.92 Å². The molecule has 2 atom stereocenters. The molecule has 0 aromatic heterocycles. The van der Waals surface area contributed by atoms with Gasteiger partial charge in [0.15, 0.2) is 0 Å². The molecule has 0 bridgehead atoms. The molecule has 1 fully saturated rings. The fourth-order valence-electron chi connectivity index (χ4n) is 2.70. The minimum Gasteiger partial charge on any atom is -0.391 e. The van der Waals surface area contributed by atoms with Crippen molar-refractivity contribution in [3.05, 3.63) is 29.8 Å². The number of β-amino-alcohol motifs (C(OH)–C–C–N with tert-alkyl or cyclic N) is 1. The first-order valence-corrected chi connectivity index (χ1v) is 9.37. The number of nitrogens with zero attached hydrogens (tertiary/aromatic N) is 3. The lowest BCUT2D eigenvalue weighted by Crippen LogP contribution is -2.33. The van der Waals surface area contributed by atoms with Crippen LogP contribution in [-0.4, -0.2) is 81.8 Å². The largest absolute Gasteiger partial charge is 0.391 e. The Morgan fingerprint density at radius 2 is 1.92 bits per heavy atom. The van der Waals surface area contributed by atoms with Gasteiger partial charge < -0.3 is 14.9 Å². The number of hydrogen-bond acceptors (Lipinski definition) is 5. The number of aliphatic hydroxyl groups is 1. The monoisotopic (exact) mass is 355 g/mol. The topological polar surface area (TPSA) is 81.2 Å². The number of amides is 1. The van der Waals surface area contributed by atoms with E-state index in [4.69, 9.17) is 0 Å². The van der Waals surface area contributed by atoms with Crippen LogP contribution in [0.3, 0.4) is 0 Å². The molecule has 1 aromatic rings. The molecule has 1 aliphatic rings. The summed E-state index contributed by atoms with van der Waals surface area (Å²) in [5.41, 5.74) is 1.44. The van der Waals surface area contributed by atoms with E-state index in [1.54, 1.807) is 12.1 Å². The summed E-state index contributed by atoms with van der Waals surface area (Å²) in [4.78, 5) is 16.1. The highest BCUT2D eigenvalue weighted by Crippen LogP contribution is 2.23. The SMILES string of the molecule is CN(C)c1cccc(C(=O)N2C[C@@H](CS(=O)(=O)N(C)C)[C@@H](O)C2)c1. The first kappa shape index (κ1) is 18.7. The molecule has 0 radical (unpaired) electrons. The predicted molar refractivity (Wildman–Crippen MR) is 93.6 cm³/mol. The fourth-order valence-corrected chi connectivity index (χ4v) is 3.87. The van der Waals surface area contributed by atoms with Gasteiger partial charge >= 0.3 is 0 Å². The maximum Gasteiger partial charge on any atom is 0.254 e. The van der Waals surface area contributed by atoms with Crippen LogP contribution in [0.25, 0.3) is 0 Å². The molecule has 1 saturated heterocycles. The molecule has 1 aliphatic heterocycles. The summed E-state index contributed by atoms with van der Waals surface area (Å²) in [7, 11) is 3.30. The molecule has 2 rings (SSSR count). The second-order valence-corrected chi connectivity index (χ2v) is 8.77. The maximum atomic E-state index is 12.6. The molecular weight excluding hydrogens is 330 g/mol. The first-order valence-electron chi connectivity index (χ1n) is 7.76. The van der Waals surface area contributed by atoms with E-state index in [1.165, 1.54) is 19.0 Å². The number of rotatable bonds is 5. The third-order valence-corrected chi connectivity index (χ3v) is 6.25. The lowest BCUT2D eigenvalue weighted by molar-refractivity contribution is 0.0765. The number of carbonyl (C=O) groups is 1. The molecule has 0 saturated carbocycles. The van der Waals surface area contributed by atoms with Gasteiger partial charge in [-0.1, -0.05) is 6.07 Å². The summed E-state index contributed by atoms with van der Waals surface area (Å²) in [6, 6.07) is 7.23. The number of likely N-dealkylation sites (tertiary alicyclic amines) is 1. The number of carbonyl (C=O) groups excluding carboxylic acids is 1. The van der Waals surface area contributed by atoms with Crippen LogP contribution < -0.4 is 4.90 Å². The van der Waals surface area contributed by atoms with Gasteiger partial charge in [0, 0.05) is 58.4 Å². The van der Waals surface area contributed by atoms with Crippen LogP contribution in [0.15, 0.2) is 24.3 Å². The number of hydrogen-bond donors (Lipinski definition) is 1. The first-order chi connectivity index (χ1) is 11.1. The van der Waals surface area contributed by atoms with Gasteiger partial charge in [-0.15, -0.1) is 0 Å². The zero-order valence-corrected chi connectivity index (χ0v) is 15.3. The zero-order chi connectivity index (χ0) is 18.1. The van der Waals surface area contributed by atoms with Gasteiger partial charge in [0.1, 0.15) is 0 Å². The summed E-state index contributed by atoms with van der Waals surface area (Å²) in [5.74, 6) is -0.830. The standard InChI is InChI=1S/C16H25N3O4S/c1-17(2)14-7-5-6-12(8-14)16(21)19-9-13(15(20)10-19)11-24(22,23)18(3)4/h5-8,13,15,20H,9-11H2,1-4H3/t13-,15-/m0/s1. The summed E-state index contributed by atoms with van der Waals surface area (Å²) in [5, 5.41) is 10.2. The van der Waals surface area contributed by atoms with E-state index in [0.29, 0.717) is 5.56 Å². The van der Waals surface area contributed by atoms with Gasteiger partial charge in [-0.3, -0.25) is 4.79 Å². The third kappa shape index (κ3) is 4.06. The molecule has 0 spiro atoms. The highest BCUT2D eigenvalue weighted by atomic mass is 32.2. The molecule has 8 heteroatoms. The van der Waals surface area contributed by atoms with Crippen molar-refractivity contribution in [3.8, 4) is 0 Å². The van der Waals surface area contributed by atoms with E-state index in [-0.39, 0.29) is 24.7 Å². The molecular formula is C16H25N3O4S. The van der Waals surface area contributed by atoms with Gasteiger partial charge in [0.25, 0.3) is 5.91 Å². The van der Waals surface area contributed by atoms with E-state index in [2.05, 4.69) is 0 Å². The third-order valence-electron chi connectivity index (χ3n) is 4.28. The Balaban J connectivity index is 2.11. The van der Waals surface area contributed by atoms with E-state index in [9.17, 15) is 18.3 Å². The lowest BCUT2D eigenvalue weighted by atomic mass is 10.1. The molecule has 1 amide bonds. The van der Waals surface area contributed by atoms with Gasteiger partial charge in [-0.2, -0.15) is 0 Å². The Morgan fingerprint density at radius 1 is 1.25 bits per heavy atom. The highest BCUT2D eigenvalue weighted by Gasteiger charge is 2.37. The van der Waals surface area contributed by atoms with Gasteiger partial charge in [-0.05, 0) is 18.2 Å². The van der Waals surface area contributed by atoms with Crippen LogP contribution in [0.4, 0.5) is 5.69 Å². The Kier molecular flexibility index (Phi) is 5.52. The fraction of sp³-hybridized carbons (Fsp3) is 0.562.